The fourth-order valence-corrected chi connectivity index (χ4v) is 3.58. The van der Waals surface area contributed by atoms with Gasteiger partial charge in [0, 0.05) is 38.0 Å². The summed E-state index contributed by atoms with van der Waals surface area (Å²) in [5, 5.41) is 0. The second-order valence-corrected chi connectivity index (χ2v) is 7.97. The molecule has 0 radical (unpaired) electrons. The Morgan fingerprint density at radius 3 is 2.38 bits per heavy atom. The monoisotopic (exact) mass is 360 g/mol. The lowest BCUT2D eigenvalue weighted by molar-refractivity contribution is -0.115. The van der Waals surface area contributed by atoms with Crippen molar-refractivity contribution in [2.45, 2.75) is 44.9 Å². The number of rotatable bonds is 3. The zero-order chi connectivity index (χ0) is 18.8. The summed E-state index contributed by atoms with van der Waals surface area (Å²) in [5.41, 5.74) is -0.214. The zero-order valence-electron chi connectivity index (χ0n) is 15.9. The van der Waals surface area contributed by atoms with Gasteiger partial charge < -0.3 is 14.4 Å². The molecule has 2 fully saturated rings. The summed E-state index contributed by atoms with van der Waals surface area (Å²) in [5.74, 6) is 0.102. The van der Waals surface area contributed by atoms with Crippen LogP contribution in [0.2, 0.25) is 0 Å². The van der Waals surface area contributed by atoms with Crippen molar-refractivity contribution in [2.75, 3.05) is 32.8 Å². The third-order valence-corrected chi connectivity index (χ3v) is 4.93. The van der Waals surface area contributed by atoms with Crippen molar-refractivity contribution in [1.82, 2.24) is 9.80 Å². The van der Waals surface area contributed by atoms with Gasteiger partial charge in [-0.3, -0.25) is 9.69 Å². The van der Waals surface area contributed by atoms with Gasteiger partial charge in [0.15, 0.2) is 5.78 Å². The molecule has 0 aliphatic carbocycles. The lowest BCUT2D eigenvalue weighted by atomic mass is 9.98. The molecule has 2 heterocycles. The number of Topliss-reactive ketones (excluding diaryl/α,β-unsaturated/α-hetero) is 1. The van der Waals surface area contributed by atoms with Crippen LogP contribution in [0.3, 0.4) is 0 Å². The number of hydrogen-bond acceptors (Lipinski definition) is 5. The summed E-state index contributed by atoms with van der Waals surface area (Å²) < 4.78 is 11.5. The lowest BCUT2D eigenvalue weighted by Gasteiger charge is -2.43. The van der Waals surface area contributed by atoms with Gasteiger partial charge in [-0.2, -0.15) is 0 Å². The topological polar surface area (TPSA) is 59.1 Å². The second-order valence-electron chi connectivity index (χ2n) is 7.97. The van der Waals surface area contributed by atoms with E-state index in [0.29, 0.717) is 39.1 Å². The van der Waals surface area contributed by atoms with Gasteiger partial charge in [0.2, 0.25) is 0 Å². The first-order chi connectivity index (χ1) is 12.3. The molecule has 2 saturated heterocycles. The third kappa shape index (κ3) is 4.24. The van der Waals surface area contributed by atoms with Crippen molar-refractivity contribution in [3.8, 4) is 0 Å². The number of ether oxygens (including phenoxy) is 2. The zero-order valence-corrected chi connectivity index (χ0v) is 15.9. The number of benzene rings is 1. The molecule has 142 valence electrons. The highest BCUT2D eigenvalue weighted by Gasteiger charge is 2.46. The normalized spacial score (nSPS) is 20.3. The minimum atomic E-state index is -0.496. The predicted octanol–water partition coefficient (Wildman–Crippen LogP) is 2.93. The van der Waals surface area contributed by atoms with E-state index < -0.39 is 11.3 Å². The van der Waals surface area contributed by atoms with Crippen LogP contribution in [0.15, 0.2) is 30.3 Å². The Hall–Kier alpha value is -1.92. The van der Waals surface area contributed by atoms with Crippen molar-refractivity contribution in [1.29, 1.82) is 0 Å². The molecule has 2 aliphatic heterocycles. The van der Waals surface area contributed by atoms with Crippen LogP contribution < -0.4 is 0 Å². The number of carbonyl (C=O) groups is 2. The maximum Gasteiger partial charge on any atom is 0.410 e. The molecule has 6 heteroatoms. The average molecular weight is 360 g/mol. The van der Waals surface area contributed by atoms with E-state index >= 15 is 0 Å². The van der Waals surface area contributed by atoms with Crippen LogP contribution in [0.25, 0.3) is 0 Å². The maximum absolute atomic E-state index is 12.6. The predicted molar refractivity (Wildman–Crippen MR) is 98.1 cm³/mol. The molecule has 2 aliphatic rings. The van der Waals surface area contributed by atoms with E-state index in [-0.39, 0.29) is 11.9 Å². The van der Waals surface area contributed by atoms with E-state index in [0.717, 1.165) is 12.1 Å². The van der Waals surface area contributed by atoms with E-state index in [1.54, 1.807) is 4.90 Å². The molecule has 1 aromatic carbocycles. The molecule has 1 amide bonds. The van der Waals surface area contributed by atoms with Crippen LogP contribution in [0.1, 0.15) is 44.0 Å². The number of piperidine rings is 1. The number of likely N-dealkylation sites (tertiary alicyclic amines) is 1. The second kappa shape index (κ2) is 7.37. The molecular formula is C20H28N2O4. The maximum atomic E-state index is 12.6. The van der Waals surface area contributed by atoms with Crippen LogP contribution in [-0.2, 0) is 9.47 Å². The highest BCUT2D eigenvalue weighted by atomic mass is 16.6. The van der Waals surface area contributed by atoms with Crippen LogP contribution in [0.5, 0.6) is 0 Å². The van der Waals surface area contributed by atoms with Gasteiger partial charge in [-0.1, -0.05) is 30.3 Å². The van der Waals surface area contributed by atoms with Gasteiger partial charge in [0.1, 0.15) is 11.3 Å². The van der Waals surface area contributed by atoms with Gasteiger partial charge in [0.05, 0.1) is 13.2 Å². The first kappa shape index (κ1) is 18.9. The molecule has 1 spiro atoms. The molecule has 0 bridgehead atoms. The van der Waals surface area contributed by atoms with Crippen molar-refractivity contribution in [2.24, 2.45) is 0 Å². The van der Waals surface area contributed by atoms with E-state index in [2.05, 4.69) is 4.90 Å². The van der Waals surface area contributed by atoms with Crippen molar-refractivity contribution in [3.63, 3.8) is 0 Å². The number of nitrogens with zero attached hydrogens (tertiary/aromatic N) is 2. The number of carbonyl (C=O) groups excluding carboxylic acids is 2. The smallest absolute Gasteiger partial charge is 0.410 e. The first-order valence-corrected chi connectivity index (χ1v) is 9.24. The van der Waals surface area contributed by atoms with E-state index in [4.69, 9.17) is 9.47 Å². The summed E-state index contributed by atoms with van der Waals surface area (Å²) >= 11 is 0. The third-order valence-electron chi connectivity index (χ3n) is 4.93. The highest BCUT2D eigenvalue weighted by Crippen LogP contribution is 2.34. The van der Waals surface area contributed by atoms with Gasteiger partial charge in [-0.15, -0.1) is 0 Å². The Kier molecular flexibility index (Phi) is 5.34. The van der Waals surface area contributed by atoms with Crippen molar-refractivity contribution >= 4 is 11.9 Å². The molecule has 6 nitrogen and oxygen atoms in total. The highest BCUT2D eigenvalue weighted by molar-refractivity contribution is 5.97. The summed E-state index contributed by atoms with van der Waals surface area (Å²) in [6.07, 6.45) is 1.10. The first-order valence-electron chi connectivity index (χ1n) is 9.24. The van der Waals surface area contributed by atoms with Crippen molar-refractivity contribution in [3.05, 3.63) is 35.9 Å². The molecule has 0 saturated carbocycles. The van der Waals surface area contributed by atoms with Crippen LogP contribution in [0, 0.1) is 0 Å². The summed E-state index contributed by atoms with van der Waals surface area (Å²) in [6.45, 7) is 8.46. The SMILES string of the molecule is CC(C)(C)OC(=O)N1CCC2(CC1)OCCN2CC(=O)c1ccccc1. The van der Waals surface area contributed by atoms with Gasteiger partial charge >= 0.3 is 6.09 Å². The Morgan fingerprint density at radius 1 is 1.12 bits per heavy atom. The van der Waals surface area contributed by atoms with Gasteiger partial charge in [0.25, 0.3) is 0 Å². The molecule has 0 unspecified atom stereocenters. The van der Waals surface area contributed by atoms with E-state index in [1.165, 1.54) is 0 Å². The van der Waals surface area contributed by atoms with E-state index in [1.807, 2.05) is 51.1 Å². The molecule has 1 aromatic rings. The molecule has 0 N–H and O–H groups in total. The summed E-state index contributed by atoms with van der Waals surface area (Å²) in [4.78, 5) is 28.7. The van der Waals surface area contributed by atoms with E-state index in [9.17, 15) is 9.59 Å². The lowest BCUT2D eigenvalue weighted by Crippen LogP contribution is -2.55. The van der Waals surface area contributed by atoms with Gasteiger partial charge in [-0.05, 0) is 20.8 Å². The molecule has 0 aromatic heterocycles. The fourth-order valence-electron chi connectivity index (χ4n) is 3.58. The summed E-state index contributed by atoms with van der Waals surface area (Å²) in [6, 6.07) is 9.35. The van der Waals surface area contributed by atoms with Crippen molar-refractivity contribution < 1.29 is 19.1 Å². The molecule has 26 heavy (non-hydrogen) atoms. The average Bonchev–Trinajstić information content (AvgIpc) is 2.96. The number of amides is 1. The Morgan fingerprint density at radius 2 is 1.77 bits per heavy atom. The number of hydrogen-bond donors (Lipinski definition) is 0. The number of ketones is 1. The molecule has 3 rings (SSSR count). The molecular weight excluding hydrogens is 332 g/mol. The Bertz CT molecular complexity index is 646. The summed E-state index contributed by atoms with van der Waals surface area (Å²) in [7, 11) is 0. The molecule has 0 atom stereocenters. The minimum absolute atomic E-state index is 0.102. The Labute approximate surface area is 155 Å². The van der Waals surface area contributed by atoms with Gasteiger partial charge in [-0.25, -0.2) is 4.79 Å². The minimum Gasteiger partial charge on any atom is -0.444 e. The Balaban J connectivity index is 1.60. The van der Waals surface area contributed by atoms with Crippen LogP contribution in [0.4, 0.5) is 4.79 Å². The fraction of sp³-hybridized carbons (Fsp3) is 0.600. The quantitative estimate of drug-likeness (QED) is 0.776. The van der Waals surface area contributed by atoms with Crippen LogP contribution in [-0.4, -0.2) is 65.8 Å². The standard InChI is InChI=1S/C20H28N2O4/c1-19(2,3)26-18(24)21-11-9-20(10-12-21)22(13-14-25-20)15-17(23)16-7-5-4-6-8-16/h4-8H,9-15H2,1-3H3. The van der Waals surface area contributed by atoms with Crippen LogP contribution >= 0.6 is 0 Å². The largest absolute Gasteiger partial charge is 0.444 e.